The van der Waals surface area contributed by atoms with Gasteiger partial charge in [-0.15, -0.1) is 0 Å². The molecule has 0 spiro atoms. The highest BCUT2D eigenvalue weighted by Gasteiger charge is 2.35. The number of hydrogen-bond donors (Lipinski definition) is 1. The van der Waals surface area contributed by atoms with Crippen LogP contribution in [0.1, 0.15) is 42.0 Å². The van der Waals surface area contributed by atoms with Crippen LogP contribution in [0.5, 0.6) is 0 Å². The monoisotopic (exact) mass is 466 g/mol. The molecule has 1 aromatic heterocycles. The average molecular weight is 467 g/mol. The van der Waals surface area contributed by atoms with Gasteiger partial charge in [0.1, 0.15) is 0 Å². The van der Waals surface area contributed by atoms with E-state index >= 15 is 0 Å². The van der Waals surface area contributed by atoms with Gasteiger partial charge < -0.3 is 14.6 Å². The summed E-state index contributed by atoms with van der Waals surface area (Å²) in [6.07, 6.45) is 0.711. The fourth-order valence-electron chi connectivity index (χ4n) is 3.94. The molecule has 0 radical (unpaired) electrons. The zero-order valence-corrected chi connectivity index (χ0v) is 19.9. The van der Waals surface area contributed by atoms with Crippen LogP contribution in [0.25, 0.3) is 17.0 Å². The molecule has 2 amide bonds. The average Bonchev–Trinajstić information content (AvgIpc) is 3.27. The number of carbonyl (C=O) groups excluding carboxylic acids is 1. The topological polar surface area (TPSA) is 80.5 Å². The van der Waals surface area contributed by atoms with Crippen LogP contribution in [-0.4, -0.2) is 41.3 Å². The van der Waals surface area contributed by atoms with Gasteiger partial charge in [-0.2, -0.15) is 4.98 Å². The molecule has 7 nitrogen and oxygen atoms in total. The van der Waals surface area contributed by atoms with Gasteiger partial charge in [0.2, 0.25) is 5.82 Å². The first kappa shape index (κ1) is 23.0. The molecule has 0 aliphatic carbocycles. The summed E-state index contributed by atoms with van der Waals surface area (Å²) in [5, 5.41) is 7.96. The Hall–Kier alpha value is -3.16. The van der Waals surface area contributed by atoms with Crippen molar-refractivity contribution >= 4 is 23.2 Å². The van der Waals surface area contributed by atoms with Gasteiger partial charge in [0, 0.05) is 36.5 Å². The number of aryl methyl sites for hydroxylation is 2. The number of nitrogens with one attached hydrogen (secondary N) is 1. The number of aromatic nitrogens is 2. The Balaban J connectivity index is 1.78. The SMILES string of the molecule is COCCCN1C(=O)NC(c2ccc(C)c(C)c2)C(c2nc(-c3ccc(Cl)cc3)no2)=C1C. The van der Waals surface area contributed by atoms with Crippen molar-refractivity contribution in [2.45, 2.75) is 33.2 Å². The van der Waals surface area contributed by atoms with Crippen molar-refractivity contribution in [3.05, 3.63) is 75.8 Å². The number of benzene rings is 2. The Morgan fingerprint density at radius 2 is 1.88 bits per heavy atom. The van der Waals surface area contributed by atoms with Crippen LogP contribution >= 0.6 is 11.6 Å². The molecule has 1 aliphatic heterocycles. The first-order chi connectivity index (χ1) is 15.9. The minimum absolute atomic E-state index is 0.159. The number of rotatable bonds is 7. The molecule has 2 aromatic carbocycles. The van der Waals surface area contributed by atoms with E-state index in [0.29, 0.717) is 36.3 Å². The highest BCUT2D eigenvalue weighted by Crippen LogP contribution is 2.38. The zero-order valence-electron chi connectivity index (χ0n) is 19.2. The van der Waals surface area contributed by atoms with E-state index < -0.39 is 6.04 Å². The lowest BCUT2D eigenvalue weighted by Gasteiger charge is -2.35. The number of ether oxygens (including phenoxy) is 1. The fourth-order valence-corrected chi connectivity index (χ4v) is 4.06. The van der Waals surface area contributed by atoms with Gasteiger partial charge >= 0.3 is 6.03 Å². The number of halogens is 1. The minimum Gasteiger partial charge on any atom is -0.385 e. The van der Waals surface area contributed by atoms with E-state index in [4.69, 9.17) is 20.9 Å². The lowest BCUT2D eigenvalue weighted by atomic mass is 9.92. The molecule has 0 fully saturated rings. The van der Waals surface area contributed by atoms with Gasteiger partial charge in [0.05, 0.1) is 11.6 Å². The number of nitrogens with zero attached hydrogens (tertiary/aromatic N) is 3. The Labute approximate surface area is 198 Å². The molecule has 0 bridgehead atoms. The van der Waals surface area contributed by atoms with E-state index in [1.807, 2.05) is 25.1 Å². The van der Waals surface area contributed by atoms with Crippen molar-refractivity contribution in [3.8, 4) is 11.4 Å². The lowest BCUT2D eigenvalue weighted by molar-refractivity contribution is 0.174. The summed E-state index contributed by atoms with van der Waals surface area (Å²) in [7, 11) is 1.65. The molecule has 2 heterocycles. The summed E-state index contributed by atoms with van der Waals surface area (Å²) in [5.74, 6) is 0.834. The highest BCUT2D eigenvalue weighted by atomic mass is 35.5. The maximum absolute atomic E-state index is 13.0. The van der Waals surface area contributed by atoms with Crippen molar-refractivity contribution < 1.29 is 14.1 Å². The summed E-state index contributed by atoms with van der Waals surface area (Å²) in [6, 6.07) is 12.9. The van der Waals surface area contributed by atoms with Crippen LogP contribution in [0.2, 0.25) is 5.02 Å². The van der Waals surface area contributed by atoms with Gasteiger partial charge in [-0.1, -0.05) is 35.0 Å². The lowest BCUT2D eigenvalue weighted by Crippen LogP contribution is -2.46. The predicted octanol–water partition coefficient (Wildman–Crippen LogP) is 5.54. The smallest absolute Gasteiger partial charge is 0.322 e. The third kappa shape index (κ3) is 4.79. The summed E-state index contributed by atoms with van der Waals surface area (Å²) < 4.78 is 10.9. The van der Waals surface area contributed by atoms with Crippen molar-refractivity contribution in [2.75, 3.05) is 20.3 Å². The minimum atomic E-state index is -0.408. The zero-order chi connectivity index (χ0) is 23.5. The maximum atomic E-state index is 13.0. The molecule has 172 valence electrons. The number of hydrogen-bond acceptors (Lipinski definition) is 5. The molecule has 3 aromatic rings. The number of allylic oxidation sites excluding steroid dienone is 1. The predicted molar refractivity (Wildman–Crippen MR) is 128 cm³/mol. The van der Waals surface area contributed by atoms with Crippen LogP contribution in [-0.2, 0) is 4.74 Å². The second-order valence-electron chi connectivity index (χ2n) is 8.15. The van der Waals surface area contributed by atoms with Crippen LogP contribution in [0.3, 0.4) is 0 Å². The second kappa shape index (κ2) is 9.77. The molecule has 8 heteroatoms. The van der Waals surface area contributed by atoms with E-state index in [-0.39, 0.29) is 6.03 Å². The van der Waals surface area contributed by atoms with E-state index in [0.717, 1.165) is 28.0 Å². The number of methoxy groups -OCH3 is 1. The molecular weight excluding hydrogens is 440 g/mol. The molecule has 1 aliphatic rings. The Morgan fingerprint density at radius 1 is 1.12 bits per heavy atom. The molecule has 0 saturated heterocycles. The Kier molecular flexibility index (Phi) is 6.81. The first-order valence-corrected chi connectivity index (χ1v) is 11.2. The summed E-state index contributed by atoms with van der Waals surface area (Å²) >= 11 is 6.01. The molecule has 0 saturated carbocycles. The largest absolute Gasteiger partial charge is 0.385 e. The van der Waals surface area contributed by atoms with E-state index in [9.17, 15) is 4.79 Å². The van der Waals surface area contributed by atoms with Gasteiger partial charge in [-0.3, -0.25) is 4.90 Å². The highest BCUT2D eigenvalue weighted by molar-refractivity contribution is 6.30. The van der Waals surface area contributed by atoms with Crippen LogP contribution in [0, 0.1) is 13.8 Å². The Morgan fingerprint density at radius 3 is 2.58 bits per heavy atom. The summed E-state index contributed by atoms with van der Waals surface area (Å²) in [6.45, 7) is 7.12. The maximum Gasteiger partial charge on any atom is 0.322 e. The number of carbonyl (C=O) groups is 1. The van der Waals surface area contributed by atoms with Gasteiger partial charge in [0.15, 0.2) is 0 Å². The molecule has 4 rings (SSSR count). The van der Waals surface area contributed by atoms with Crippen molar-refractivity contribution in [3.63, 3.8) is 0 Å². The van der Waals surface area contributed by atoms with Crippen LogP contribution in [0.4, 0.5) is 4.79 Å². The fraction of sp³-hybridized carbons (Fsp3) is 0.320. The molecular formula is C25H27ClN4O3. The quantitative estimate of drug-likeness (QED) is 0.462. The van der Waals surface area contributed by atoms with E-state index in [1.165, 1.54) is 5.56 Å². The van der Waals surface area contributed by atoms with Gasteiger partial charge in [0.25, 0.3) is 5.89 Å². The van der Waals surface area contributed by atoms with Crippen molar-refractivity contribution in [1.82, 2.24) is 20.4 Å². The first-order valence-electron chi connectivity index (χ1n) is 10.8. The van der Waals surface area contributed by atoms with Gasteiger partial charge in [-0.05, 0) is 68.1 Å². The second-order valence-corrected chi connectivity index (χ2v) is 8.59. The van der Waals surface area contributed by atoms with Crippen LogP contribution < -0.4 is 5.32 Å². The standard InChI is InChI=1S/C25H27ClN4O3/c1-15-6-7-19(14-16(15)2)22-21(17(3)30(25(31)27-22)12-5-13-32-4)24-28-23(29-33-24)18-8-10-20(26)11-9-18/h6-11,14,22H,5,12-13H2,1-4H3,(H,27,31). The molecule has 1 unspecified atom stereocenters. The van der Waals surface area contributed by atoms with Gasteiger partial charge in [-0.25, -0.2) is 4.79 Å². The van der Waals surface area contributed by atoms with E-state index in [1.54, 1.807) is 24.1 Å². The number of urea groups is 1. The third-order valence-corrected chi connectivity index (χ3v) is 6.20. The third-order valence-electron chi connectivity index (χ3n) is 5.95. The number of amides is 2. The molecule has 1 atom stereocenters. The molecule has 1 N–H and O–H groups in total. The molecule has 33 heavy (non-hydrogen) atoms. The van der Waals surface area contributed by atoms with Crippen molar-refractivity contribution in [2.24, 2.45) is 0 Å². The van der Waals surface area contributed by atoms with Crippen LogP contribution in [0.15, 0.2) is 52.7 Å². The summed E-state index contributed by atoms with van der Waals surface area (Å²) in [5.41, 5.74) is 5.66. The van der Waals surface area contributed by atoms with Crippen molar-refractivity contribution in [1.29, 1.82) is 0 Å². The Bertz CT molecular complexity index is 1190. The normalized spacial score (nSPS) is 16.3. The van der Waals surface area contributed by atoms with E-state index in [2.05, 4.69) is 41.4 Å². The summed E-state index contributed by atoms with van der Waals surface area (Å²) in [4.78, 5) is 19.4.